The number of rotatable bonds is 2. The number of carbonyl (C=O) groups is 1. The van der Waals surface area contributed by atoms with E-state index in [9.17, 15) is 18.0 Å². The van der Waals surface area contributed by atoms with Crippen molar-refractivity contribution in [2.45, 2.75) is 37.5 Å². The molecule has 2 heterocycles. The Hall–Kier alpha value is -2.16. The molecule has 0 fully saturated rings. The second-order valence-corrected chi connectivity index (χ2v) is 7.34. The van der Waals surface area contributed by atoms with Crippen LogP contribution in [0.4, 0.5) is 18.0 Å². The summed E-state index contributed by atoms with van der Waals surface area (Å²) < 4.78 is 47.2. The predicted molar refractivity (Wildman–Crippen MR) is 91.6 cm³/mol. The van der Waals surface area contributed by atoms with Gasteiger partial charge in [0, 0.05) is 16.2 Å². The minimum Gasteiger partial charge on any atom is -0.497 e. The zero-order valence-electron chi connectivity index (χ0n) is 13.9. The van der Waals surface area contributed by atoms with E-state index in [0.717, 1.165) is 29.9 Å². The number of nitrogens with zero attached hydrogens (tertiary/aromatic N) is 2. The van der Waals surface area contributed by atoms with Gasteiger partial charge in [-0.1, -0.05) is 23.9 Å². The van der Waals surface area contributed by atoms with E-state index in [1.54, 1.807) is 0 Å². The Bertz CT molecular complexity index is 820. The van der Waals surface area contributed by atoms with E-state index in [0.29, 0.717) is 12.2 Å². The molecule has 138 valence electrons. The Morgan fingerprint density at radius 1 is 1.23 bits per heavy atom. The Morgan fingerprint density at radius 3 is 2.58 bits per heavy atom. The summed E-state index contributed by atoms with van der Waals surface area (Å²) in [6.45, 7) is 0. The van der Waals surface area contributed by atoms with Crippen LogP contribution in [0.3, 0.4) is 0 Å². The first kappa shape index (κ1) is 17.3. The van der Waals surface area contributed by atoms with Gasteiger partial charge in [-0.2, -0.15) is 13.2 Å². The van der Waals surface area contributed by atoms with Crippen LogP contribution in [0.2, 0.25) is 0 Å². The van der Waals surface area contributed by atoms with Crippen molar-refractivity contribution in [3.05, 3.63) is 40.4 Å². The summed E-state index contributed by atoms with van der Waals surface area (Å²) in [7, 11) is 1.43. The number of halogens is 3. The molecule has 1 aliphatic carbocycles. The van der Waals surface area contributed by atoms with Crippen LogP contribution in [-0.4, -0.2) is 29.4 Å². The topological polar surface area (TPSA) is 53.9 Å². The molecule has 1 aromatic rings. The normalized spacial score (nSPS) is 25.5. The number of thioether (sulfide) groups is 1. The highest BCUT2D eigenvalue weighted by molar-refractivity contribution is 8.17. The fraction of sp³-hybridized carbons (Fsp3) is 0.412. The summed E-state index contributed by atoms with van der Waals surface area (Å²) in [5.74, 6) is 0.426. The first-order valence-electron chi connectivity index (χ1n) is 8.19. The van der Waals surface area contributed by atoms with Crippen LogP contribution in [0.25, 0.3) is 0 Å². The number of allylic oxidation sites excluding steroid dienone is 2. The smallest absolute Gasteiger partial charge is 0.436 e. The Morgan fingerprint density at radius 2 is 1.92 bits per heavy atom. The van der Waals surface area contributed by atoms with E-state index in [4.69, 9.17) is 4.74 Å². The van der Waals surface area contributed by atoms with Crippen molar-refractivity contribution in [3.8, 4) is 5.75 Å². The Balaban J connectivity index is 1.82. The molecule has 2 amide bonds. The number of alkyl halides is 3. The van der Waals surface area contributed by atoms with E-state index in [1.165, 1.54) is 48.0 Å². The molecule has 5 nitrogen and oxygen atoms in total. The molecule has 0 aromatic heterocycles. The molecule has 0 saturated carbocycles. The average molecular weight is 383 g/mol. The third-order valence-electron chi connectivity index (χ3n) is 4.74. The maximum absolute atomic E-state index is 14.1. The molecular formula is C17H16F3N3O2S. The predicted octanol–water partition coefficient (Wildman–Crippen LogP) is 4.32. The molecule has 0 spiro atoms. The number of amides is 2. The van der Waals surface area contributed by atoms with E-state index in [2.05, 4.69) is 10.3 Å². The van der Waals surface area contributed by atoms with E-state index in [-0.39, 0.29) is 10.7 Å². The Kier molecular flexibility index (Phi) is 3.94. The van der Waals surface area contributed by atoms with E-state index in [1.807, 2.05) is 0 Å². The maximum atomic E-state index is 14.1. The molecule has 1 aromatic carbocycles. The maximum Gasteiger partial charge on any atom is 0.436 e. The van der Waals surface area contributed by atoms with Gasteiger partial charge < -0.3 is 10.1 Å². The zero-order valence-corrected chi connectivity index (χ0v) is 14.7. The molecule has 3 aliphatic rings. The fourth-order valence-electron chi connectivity index (χ4n) is 3.41. The fourth-order valence-corrected chi connectivity index (χ4v) is 4.66. The molecule has 9 heteroatoms. The lowest BCUT2D eigenvalue weighted by molar-refractivity contribution is -0.196. The van der Waals surface area contributed by atoms with Crippen LogP contribution >= 0.6 is 11.8 Å². The SMILES string of the molecule is COc1ccc([C@@]2(C(F)(F)F)N=C3SC4=C(CCCC4)N3C(=O)N2)cc1. The summed E-state index contributed by atoms with van der Waals surface area (Å²) in [6.07, 6.45) is -1.46. The molecule has 0 unspecified atom stereocenters. The van der Waals surface area contributed by atoms with Crippen molar-refractivity contribution in [1.29, 1.82) is 0 Å². The minimum absolute atomic E-state index is 0.0915. The second kappa shape index (κ2) is 5.94. The van der Waals surface area contributed by atoms with Crippen LogP contribution in [0.1, 0.15) is 31.2 Å². The van der Waals surface area contributed by atoms with Gasteiger partial charge in [-0.05, 0) is 37.8 Å². The molecule has 0 saturated heterocycles. The summed E-state index contributed by atoms with van der Waals surface area (Å²) in [4.78, 5) is 18.9. The van der Waals surface area contributed by atoms with Gasteiger partial charge in [0.25, 0.3) is 5.66 Å². The molecule has 0 bridgehead atoms. The van der Waals surface area contributed by atoms with Crippen LogP contribution in [0.5, 0.6) is 5.75 Å². The third-order valence-corrected chi connectivity index (χ3v) is 5.88. The number of urea groups is 1. The monoisotopic (exact) mass is 383 g/mol. The first-order valence-corrected chi connectivity index (χ1v) is 9.00. The van der Waals surface area contributed by atoms with Gasteiger partial charge in [0.05, 0.1) is 7.11 Å². The summed E-state index contributed by atoms with van der Waals surface area (Å²) in [6, 6.07) is 4.61. The highest BCUT2D eigenvalue weighted by Crippen LogP contribution is 2.49. The first-order chi connectivity index (χ1) is 12.4. The number of aliphatic imine (C=N–C) groups is 1. The van der Waals surface area contributed by atoms with Gasteiger partial charge >= 0.3 is 12.2 Å². The molecule has 1 N–H and O–H groups in total. The van der Waals surface area contributed by atoms with Crippen molar-refractivity contribution < 1.29 is 22.7 Å². The van der Waals surface area contributed by atoms with Crippen molar-refractivity contribution in [2.24, 2.45) is 4.99 Å². The van der Waals surface area contributed by atoms with Gasteiger partial charge in [0.15, 0.2) is 5.17 Å². The van der Waals surface area contributed by atoms with Gasteiger partial charge in [-0.3, -0.25) is 0 Å². The number of carbonyl (C=O) groups excluding carboxylic acids is 1. The lowest BCUT2D eigenvalue weighted by Gasteiger charge is -2.39. The third kappa shape index (κ3) is 2.48. The van der Waals surface area contributed by atoms with E-state index < -0.39 is 17.9 Å². The number of methoxy groups -OCH3 is 1. The number of fused-ring (bicyclic) bond motifs is 2. The standard InChI is InChI=1S/C17H16F3N3O2S/c1-25-11-8-6-10(7-9-11)16(17(18,19)20)21-14(24)23-12-4-2-3-5-13(12)26-15(23)22-16/h6-9H,2-5H2,1H3,(H,21,24)/t16-/m0/s1. The van der Waals surface area contributed by atoms with Crippen molar-refractivity contribution in [1.82, 2.24) is 10.2 Å². The van der Waals surface area contributed by atoms with Gasteiger partial charge in [-0.25, -0.2) is 14.7 Å². The van der Waals surface area contributed by atoms with Gasteiger partial charge in [0.1, 0.15) is 5.75 Å². The van der Waals surface area contributed by atoms with Crippen LogP contribution < -0.4 is 10.1 Å². The number of nitrogens with one attached hydrogen (secondary N) is 1. The summed E-state index contributed by atoms with van der Waals surface area (Å²) >= 11 is 1.17. The van der Waals surface area contributed by atoms with Crippen molar-refractivity contribution in [2.75, 3.05) is 7.11 Å². The minimum atomic E-state index is -4.79. The number of ether oxygens (including phenoxy) is 1. The van der Waals surface area contributed by atoms with Crippen molar-refractivity contribution >= 4 is 23.0 Å². The van der Waals surface area contributed by atoms with E-state index >= 15 is 0 Å². The highest BCUT2D eigenvalue weighted by Gasteiger charge is 2.61. The largest absolute Gasteiger partial charge is 0.497 e. The number of amidine groups is 1. The molecule has 1 atom stereocenters. The highest BCUT2D eigenvalue weighted by atomic mass is 32.2. The number of benzene rings is 1. The number of hydrogen-bond acceptors (Lipinski definition) is 4. The van der Waals surface area contributed by atoms with Crippen LogP contribution in [-0.2, 0) is 5.66 Å². The molecule has 0 radical (unpaired) electrons. The lowest BCUT2D eigenvalue weighted by atomic mass is 9.98. The quantitative estimate of drug-likeness (QED) is 0.827. The molecular weight excluding hydrogens is 367 g/mol. The lowest BCUT2D eigenvalue weighted by Crippen LogP contribution is -2.62. The van der Waals surface area contributed by atoms with Gasteiger partial charge in [0.2, 0.25) is 0 Å². The molecule has 26 heavy (non-hydrogen) atoms. The van der Waals surface area contributed by atoms with Gasteiger partial charge in [-0.15, -0.1) is 0 Å². The Labute approximate surface area is 152 Å². The zero-order chi connectivity index (χ0) is 18.5. The average Bonchev–Trinajstić information content (AvgIpc) is 2.99. The molecule has 4 rings (SSSR count). The number of hydrogen-bond donors (Lipinski definition) is 1. The molecule has 2 aliphatic heterocycles. The van der Waals surface area contributed by atoms with Crippen LogP contribution in [0.15, 0.2) is 39.9 Å². The van der Waals surface area contributed by atoms with Crippen LogP contribution in [0, 0.1) is 0 Å². The second-order valence-electron chi connectivity index (χ2n) is 6.28. The summed E-state index contributed by atoms with van der Waals surface area (Å²) in [5.41, 5.74) is -2.18. The summed E-state index contributed by atoms with van der Waals surface area (Å²) in [5, 5.41) is 2.21. The van der Waals surface area contributed by atoms with Crippen molar-refractivity contribution in [3.63, 3.8) is 0 Å².